The highest BCUT2D eigenvalue weighted by atomic mass is 19.3. The lowest BCUT2D eigenvalue weighted by atomic mass is 10.1. The van der Waals surface area contributed by atoms with E-state index in [0.29, 0.717) is 17.8 Å². The van der Waals surface area contributed by atoms with Crippen LogP contribution in [0.2, 0.25) is 0 Å². The maximum absolute atomic E-state index is 12.4. The molecule has 0 fully saturated rings. The van der Waals surface area contributed by atoms with Crippen LogP contribution in [0.4, 0.5) is 20.2 Å². The van der Waals surface area contributed by atoms with Gasteiger partial charge in [-0.05, 0) is 42.3 Å². The molecule has 26 heavy (non-hydrogen) atoms. The van der Waals surface area contributed by atoms with Gasteiger partial charge in [0.25, 0.3) is 5.91 Å². The van der Waals surface area contributed by atoms with Crippen molar-refractivity contribution >= 4 is 23.2 Å². The van der Waals surface area contributed by atoms with Crippen molar-refractivity contribution in [2.45, 2.75) is 26.9 Å². The number of anilines is 2. The molecule has 0 spiro atoms. The van der Waals surface area contributed by atoms with E-state index in [9.17, 15) is 18.4 Å². The minimum absolute atomic E-state index is 0.00196. The molecule has 0 aliphatic rings. The van der Waals surface area contributed by atoms with Crippen LogP contribution in [0.25, 0.3) is 0 Å². The molecule has 0 bridgehead atoms. The number of nitrogens with one attached hydrogen (secondary N) is 2. The smallest absolute Gasteiger partial charge is 0.387 e. The summed E-state index contributed by atoms with van der Waals surface area (Å²) in [6.45, 7) is 0.888. The molecule has 0 radical (unpaired) electrons. The first-order chi connectivity index (χ1) is 12.3. The van der Waals surface area contributed by atoms with Gasteiger partial charge in [-0.1, -0.05) is 26.0 Å². The van der Waals surface area contributed by atoms with Gasteiger partial charge in [-0.3, -0.25) is 9.59 Å². The highest BCUT2D eigenvalue weighted by Gasteiger charge is 2.15. The van der Waals surface area contributed by atoms with Crippen molar-refractivity contribution in [3.8, 4) is 5.75 Å². The van der Waals surface area contributed by atoms with E-state index in [2.05, 4.69) is 15.4 Å². The number of ether oxygens (including phenoxy) is 1. The molecular weight excluding hydrogens is 342 g/mol. The molecule has 138 valence electrons. The zero-order valence-corrected chi connectivity index (χ0v) is 14.5. The maximum atomic E-state index is 12.4. The van der Waals surface area contributed by atoms with E-state index in [1.54, 1.807) is 30.3 Å². The van der Waals surface area contributed by atoms with Crippen molar-refractivity contribution in [2.24, 2.45) is 5.92 Å². The Morgan fingerprint density at radius 2 is 1.54 bits per heavy atom. The highest BCUT2D eigenvalue weighted by molar-refractivity contribution is 6.06. The Labute approximate surface area is 150 Å². The Morgan fingerprint density at radius 3 is 2.12 bits per heavy atom. The first-order valence-electron chi connectivity index (χ1n) is 8.10. The van der Waals surface area contributed by atoms with E-state index in [4.69, 9.17) is 0 Å². The molecule has 0 heterocycles. The van der Waals surface area contributed by atoms with Crippen LogP contribution < -0.4 is 15.4 Å². The molecule has 0 saturated carbocycles. The van der Waals surface area contributed by atoms with Gasteiger partial charge in [-0.15, -0.1) is 0 Å². The van der Waals surface area contributed by atoms with Crippen LogP contribution in [-0.2, 0) is 4.79 Å². The van der Waals surface area contributed by atoms with Crippen molar-refractivity contribution in [3.63, 3.8) is 0 Å². The number of alkyl halides is 2. The summed E-state index contributed by atoms with van der Waals surface area (Å²) in [5.41, 5.74) is 1.07. The second-order valence-electron chi connectivity index (χ2n) is 6.05. The molecule has 0 aliphatic carbocycles. The fourth-order valence-corrected chi connectivity index (χ4v) is 2.27. The number of benzene rings is 2. The van der Waals surface area contributed by atoms with Gasteiger partial charge in [0.15, 0.2) is 0 Å². The van der Waals surface area contributed by atoms with Crippen LogP contribution in [0.1, 0.15) is 30.6 Å². The Hall–Kier alpha value is -2.96. The van der Waals surface area contributed by atoms with Crippen molar-refractivity contribution in [1.29, 1.82) is 0 Å². The van der Waals surface area contributed by atoms with Gasteiger partial charge >= 0.3 is 6.61 Å². The number of halogens is 2. The summed E-state index contributed by atoms with van der Waals surface area (Å²) in [6.07, 6.45) is 0.416. The summed E-state index contributed by atoms with van der Waals surface area (Å²) in [5.74, 6) is -0.602. The number of para-hydroxylation sites is 1. The first kappa shape index (κ1) is 19.4. The third-order valence-electron chi connectivity index (χ3n) is 3.37. The standard InChI is InChI=1S/C19H20F2N2O3/c1-12(2)11-17(24)22-13-7-9-14(10-8-13)23-18(25)15-5-3-4-6-16(15)26-19(20)21/h3-10,12,19H,11H2,1-2H3,(H,22,24)(H,23,25). The molecule has 0 aliphatic heterocycles. The third kappa shape index (κ3) is 5.84. The average molecular weight is 362 g/mol. The summed E-state index contributed by atoms with van der Waals surface area (Å²) in [5, 5.41) is 5.37. The van der Waals surface area contributed by atoms with Crippen LogP contribution in [0.5, 0.6) is 5.75 Å². The molecule has 0 aromatic heterocycles. The van der Waals surface area contributed by atoms with Crippen LogP contribution in [0.15, 0.2) is 48.5 Å². The van der Waals surface area contributed by atoms with Crippen LogP contribution in [0.3, 0.4) is 0 Å². The SMILES string of the molecule is CC(C)CC(=O)Nc1ccc(NC(=O)c2ccccc2OC(F)F)cc1. The summed E-state index contributed by atoms with van der Waals surface area (Å²) >= 11 is 0. The number of carbonyl (C=O) groups excluding carboxylic acids is 2. The first-order valence-corrected chi connectivity index (χ1v) is 8.10. The highest BCUT2D eigenvalue weighted by Crippen LogP contribution is 2.22. The molecule has 7 heteroatoms. The predicted molar refractivity (Wildman–Crippen MR) is 95.6 cm³/mol. The van der Waals surface area contributed by atoms with E-state index in [1.807, 2.05) is 13.8 Å². The van der Waals surface area contributed by atoms with Crippen molar-refractivity contribution in [2.75, 3.05) is 10.6 Å². The van der Waals surface area contributed by atoms with Gasteiger partial charge in [-0.2, -0.15) is 8.78 Å². The molecule has 5 nitrogen and oxygen atoms in total. The molecule has 2 rings (SSSR count). The molecule has 0 atom stereocenters. The van der Waals surface area contributed by atoms with E-state index >= 15 is 0 Å². The molecule has 2 amide bonds. The number of carbonyl (C=O) groups is 2. The lowest BCUT2D eigenvalue weighted by Gasteiger charge is -2.11. The predicted octanol–water partition coefficient (Wildman–Crippen LogP) is 4.52. The van der Waals surface area contributed by atoms with E-state index < -0.39 is 12.5 Å². The van der Waals surface area contributed by atoms with Crippen LogP contribution in [-0.4, -0.2) is 18.4 Å². The fourth-order valence-electron chi connectivity index (χ4n) is 2.27. The monoisotopic (exact) mass is 362 g/mol. The van der Waals surface area contributed by atoms with Gasteiger partial charge in [0.2, 0.25) is 5.91 Å². The van der Waals surface area contributed by atoms with Crippen LogP contribution >= 0.6 is 0 Å². The summed E-state index contributed by atoms with van der Waals surface area (Å²) in [7, 11) is 0. The molecule has 2 aromatic rings. The van der Waals surface area contributed by atoms with Gasteiger partial charge < -0.3 is 15.4 Å². The van der Waals surface area contributed by atoms with Crippen molar-refractivity contribution < 1.29 is 23.1 Å². The largest absolute Gasteiger partial charge is 0.434 e. The summed E-state index contributed by atoms with van der Waals surface area (Å²) < 4.78 is 29.2. The Morgan fingerprint density at radius 1 is 0.962 bits per heavy atom. The zero-order valence-electron chi connectivity index (χ0n) is 14.5. The molecule has 0 unspecified atom stereocenters. The summed E-state index contributed by atoms with van der Waals surface area (Å²) in [6, 6.07) is 12.3. The number of hydrogen-bond acceptors (Lipinski definition) is 3. The molecule has 2 aromatic carbocycles. The fraction of sp³-hybridized carbons (Fsp3) is 0.263. The number of hydrogen-bond donors (Lipinski definition) is 2. The molecule has 0 saturated heterocycles. The number of amides is 2. The van der Waals surface area contributed by atoms with E-state index in [-0.39, 0.29) is 23.1 Å². The van der Waals surface area contributed by atoms with Gasteiger partial charge in [0.1, 0.15) is 5.75 Å². The Bertz CT molecular complexity index is 762. The lowest BCUT2D eigenvalue weighted by molar-refractivity contribution is -0.116. The molecular formula is C19H20F2N2O3. The second-order valence-corrected chi connectivity index (χ2v) is 6.05. The summed E-state index contributed by atoms with van der Waals surface area (Å²) in [4.78, 5) is 24.0. The molecule has 2 N–H and O–H groups in total. The van der Waals surface area contributed by atoms with E-state index in [0.717, 1.165) is 0 Å². The van der Waals surface area contributed by atoms with Crippen molar-refractivity contribution in [3.05, 3.63) is 54.1 Å². The Balaban J connectivity index is 2.03. The maximum Gasteiger partial charge on any atom is 0.387 e. The lowest BCUT2D eigenvalue weighted by Crippen LogP contribution is -2.15. The Kier molecular flexibility index (Phi) is 6.66. The van der Waals surface area contributed by atoms with Crippen molar-refractivity contribution in [1.82, 2.24) is 0 Å². The van der Waals surface area contributed by atoms with E-state index in [1.165, 1.54) is 18.2 Å². The second kappa shape index (κ2) is 8.94. The third-order valence-corrected chi connectivity index (χ3v) is 3.37. The average Bonchev–Trinajstić information content (AvgIpc) is 2.55. The van der Waals surface area contributed by atoms with Gasteiger partial charge in [-0.25, -0.2) is 0 Å². The number of rotatable bonds is 7. The zero-order chi connectivity index (χ0) is 19.1. The minimum Gasteiger partial charge on any atom is -0.434 e. The quantitative estimate of drug-likeness (QED) is 0.761. The van der Waals surface area contributed by atoms with Gasteiger partial charge in [0, 0.05) is 17.8 Å². The normalized spacial score (nSPS) is 10.7. The topological polar surface area (TPSA) is 67.4 Å². The van der Waals surface area contributed by atoms with Crippen LogP contribution in [0, 0.1) is 5.92 Å². The minimum atomic E-state index is -3.02. The van der Waals surface area contributed by atoms with Gasteiger partial charge in [0.05, 0.1) is 5.56 Å².